The van der Waals surface area contributed by atoms with Crippen LogP contribution in [0.25, 0.3) is 0 Å². The second-order valence-electron chi connectivity index (χ2n) is 4.96. The molecule has 0 atom stereocenters. The van der Waals surface area contributed by atoms with Crippen molar-refractivity contribution in [2.24, 2.45) is 0 Å². The van der Waals surface area contributed by atoms with E-state index in [1.165, 1.54) is 29.8 Å². The number of hydrogen-bond donors (Lipinski definition) is 3. The summed E-state index contributed by atoms with van der Waals surface area (Å²) >= 11 is 8.06. The van der Waals surface area contributed by atoms with Crippen molar-refractivity contribution >= 4 is 56.9 Å². The lowest BCUT2D eigenvalue weighted by atomic mass is 10.1. The molecule has 0 fully saturated rings. The molecule has 0 spiro atoms. The number of rotatable bonds is 3. The highest BCUT2D eigenvalue weighted by Crippen LogP contribution is 2.32. The molecule has 0 aliphatic heterocycles. The van der Waals surface area contributed by atoms with Crippen molar-refractivity contribution in [3.05, 3.63) is 37.9 Å². The lowest BCUT2D eigenvalue weighted by Crippen LogP contribution is -2.43. The molecule has 0 saturated heterocycles. The summed E-state index contributed by atoms with van der Waals surface area (Å²) in [7, 11) is 1.33. The minimum Gasteiger partial charge on any atom is -0.465 e. The lowest BCUT2D eigenvalue weighted by molar-refractivity contribution is 0.0601. The number of thiophene rings is 2. The van der Waals surface area contributed by atoms with Crippen molar-refractivity contribution < 1.29 is 14.3 Å². The van der Waals surface area contributed by atoms with Gasteiger partial charge in [-0.2, -0.15) is 0 Å². The minimum atomic E-state index is -0.431. The molecule has 0 saturated carbocycles. The van der Waals surface area contributed by atoms with Gasteiger partial charge in [-0.15, -0.1) is 22.7 Å². The molecule has 0 radical (unpaired) electrons. The van der Waals surface area contributed by atoms with Gasteiger partial charge in [-0.1, -0.05) is 0 Å². The molecule has 3 N–H and O–H groups in total. The normalized spacial score (nSPS) is 10.2. The first-order valence-corrected chi connectivity index (χ1v) is 9.04. The van der Waals surface area contributed by atoms with Gasteiger partial charge in [0, 0.05) is 15.1 Å². The van der Waals surface area contributed by atoms with E-state index in [9.17, 15) is 9.59 Å². The maximum atomic E-state index is 12.0. The third-order valence-corrected chi connectivity index (χ3v) is 5.47. The average Bonchev–Trinajstić information content (AvgIpc) is 3.09. The molecule has 24 heavy (non-hydrogen) atoms. The number of carbonyl (C=O) groups is 2. The summed E-state index contributed by atoms with van der Waals surface area (Å²) < 4.78 is 4.81. The van der Waals surface area contributed by atoms with Crippen molar-refractivity contribution in [2.45, 2.75) is 20.8 Å². The average molecular weight is 384 g/mol. The molecule has 1 amide bonds. The summed E-state index contributed by atoms with van der Waals surface area (Å²) in [6, 6.07) is 1.79. The van der Waals surface area contributed by atoms with Crippen molar-refractivity contribution in [2.75, 3.05) is 12.4 Å². The van der Waals surface area contributed by atoms with E-state index in [4.69, 9.17) is 17.0 Å². The van der Waals surface area contributed by atoms with E-state index in [2.05, 4.69) is 16.2 Å². The first kappa shape index (κ1) is 18.4. The topological polar surface area (TPSA) is 79.5 Å². The van der Waals surface area contributed by atoms with Gasteiger partial charge >= 0.3 is 5.97 Å². The Morgan fingerprint density at radius 1 is 1.21 bits per heavy atom. The van der Waals surface area contributed by atoms with E-state index in [0.717, 1.165) is 15.3 Å². The molecule has 0 aliphatic rings. The number of amides is 1. The van der Waals surface area contributed by atoms with Gasteiger partial charge in [-0.3, -0.25) is 15.6 Å². The van der Waals surface area contributed by atoms with Gasteiger partial charge in [0.15, 0.2) is 5.11 Å². The third kappa shape index (κ3) is 4.11. The fourth-order valence-corrected chi connectivity index (χ4v) is 3.90. The Labute approximate surface area is 153 Å². The Balaban J connectivity index is 2.01. The summed E-state index contributed by atoms with van der Waals surface area (Å²) in [5, 5.41) is 5.45. The van der Waals surface area contributed by atoms with Crippen LogP contribution in [0.15, 0.2) is 11.4 Å². The standard InChI is InChI=1S/C15H17N3O3S3/c1-7-5-10(6-23-7)12(19)17-18-15(22)16-13-11(14(20)21-4)8(2)9(3)24-13/h5-6H,1-4H3,(H,17,19)(H2,16,18,22). The Bertz CT molecular complexity index is 795. The fraction of sp³-hybridized carbons (Fsp3) is 0.267. The van der Waals surface area contributed by atoms with Crippen molar-refractivity contribution in [1.82, 2.24) is 10.9 Å². The van der Waals surface area contributed by atoms with E-state index in [1.807, 2.05) is 20.8 Å². The van der Waals surface area contributed by atoms with Gasteiger partial charge in [-0.25, -0.2) is 4.79 Å². The van der Waals surface area contributed by atoms with Gasteiger partial charge in [-0.05, 0) is 44.6 Å². The van der Waals surface area contributed by atoms with E-state index >= 15 is 0 Å². The van der Waals surface area contributed by atoms with E-state index in [-0.39, 0.29) is 11.0 Å². The molecule has 2 heterocycles. The van der Waals surface area contributed by atoms with Gasteiger partial charge in [0.05, 0.1) is 18.2 Å². The molecular weight excluding hydrogens is 366 g/mol. The summed E-state index contributed by atoms with van der Waals surface area (Å²) in [5.74, 6) is -0.713. The van der Waals surface area contributed by atoms with Gasteiger partial charge in [0.25, 0.3) is 5.91 Å². The Morgan fingerprint density at radius 3 is 2.50 bits per heavy atom. The van der Waals surface area contributed by atoms with Crippen LogP contribution >= 0.6 is 34.9 Å². The molecule has 0 bridgehead atoms. The van der Waals surface area contributed by atoms with Crippen LogP contribution < -0.4 is 16.2 Å². The maximum Gasteiger partial charge on any atom is 0.341 e. The first-order chi connectivity index (χ1) is 11.3. The van der Waals surface area contributed by atoms with Gasteiger partial charge < -0.3 is 10.1 Å². The number of thiocarbonyl (C=S) groups is 1. The van der Waals surface area contributed by atoms with Crippen LogP contribution in [-0.2, 0) is 4.74 Å². The number of carbonyl (C=O) groups excluding carboxylic acids is 2. The smallest absolute Gasteiger partial charge is 0.341 e. The zero-order chi connectivity index (χ0) is 17.9. The molecule has 0 unspecified atom stereocenters. The van der Waals surface area contributed by atoms with Crippen LogP contribution in [0.4, 0.5) is 5.00 Å². The minimum absolute atomic E-state index is 0.182. The second kappa shape index (κ2) is 7.73. The molecule has 2 rings (SSSR count). The zero-order valence-electron chi connectivity index (χ0n) is 13.6. The zero-order valence-corrected chi connectivity index (χ0v) is 16.1. The summed E-state index contributed by atoms with van der Waals surface area (Å²) in [4.78, 5) is 25.9. The highest BCUT2D eigenvalue weighted by molar-refractivity contribution is 7.80. The number of methoxy groups -OCH3 is 1. The SMILES string of the molecule is COC(=O)c1c(NC(=S)NNC(=O)c2csc(C)c2)sc(C)c1C. The predicted octanol–water partition coefficient (Wildman–Crippen LogP) is 3.15. The Kier molecular flexibility index (Phi) is 5.92. The molecular formula is C15H17N3O3S3. The summed E-state index contributed by atoms with van der Waals surface area (Å²) in [5.41, 5.74) is 7.00. The fourth-order valence-electron chi connectivity index (χ4n) is 1.95. The number of ether oxygens (including phenoxy) is 1. The lowest BCUT2D eigenvalue weighted by Gasteiger charge is -2.11. The van der Waals surface area contributed by atoms with E-state index in [1.54, 1.807) is 11.4 Å². The van der Waals surface area contributed by atoms with Crippen LogP contribution in [0.1, 0.15) is 36.0 Å². The van der Waals surface area contributed by atoms with Gasteiger partial charge in [0.2, 0.25) is 0 Å². The highest BCUT2D eigenvalue weighted by Gasteiger charge is 2.20. The maximum absolute atomic E-state index is 12.0. The number of nitrogens with one attached hydrogen (secondary N) is 3. The highest BCUT2D eigenvalue weighted by atomic mass is 32.1. The summed E-state index contributed by atoms with van der Waals surface area (Å²) in [6.45, 7) is 5.69. The van der Waals surface area contributed by atoms with E-state index in [0.29, 0.717) is 16.1 Å². The number of hydrogen-bond acceptors (Lipinski definition) is 6. The monoisotopic (exact) mass is 383 g/mol. The largest absolute Gasteiger partial charge is 0.465 e. The molecule has 2 aromatic rings. The number of hydrazine groups is 1. The quantitative estimate of drug-likeness (QED) is 0.429. The van der Waals surface area contributed by atoms with Crippen molar-refractivity contribution in [3.63, 3.8) is 0 Å². The summed E-state index contributed by atoms with van der Waals surface area (Å²) in [6.07, 6.45) is 0. The number of esters is 1. The Morgan fingerprint density at radius 2 is 1.92 bits per heavy atom. The van der Waals surface area contributed by atoms with Crippen LogP contribution in [-0.4, -0.2) is 24.1 Å². The molecule has 128 valence electrons. The molecule has 2 aromatic heterocycles. The van der Waals surface area contributed by atoms with E-state index < -0.39 is 5.97 Å². The Hall–Kier alpha value is -1.97. The molecule has 0 aromatic carbocycles. The molecule has 6 nitrogen and oxygen atoms in total. The molecule has 0 aliphatic carbocycles. The first-order valence-electron chi connectivity index (χ1n) is 6.94. The molecule has 9 heteroatoms. The second-order valence-corrected chi connectivity index (χ2v) is 7.71. The van der Waals surface area contributed by atoms with Crippen LogP contribution in [0, 0.1) is 20.8 Å². The third-order valence-electron chi connectivity index (χ3n) is 3.28. The predicted molar refractivity (Wildman–Crippen MR) is 101 cm³/mol. The van der Waals surface area contributed by atoms with Crippen LogP contribution in [0.5, 0.6) is 0 Å². The van der Waals surface area contributed by atoms with Crippen LogP contribution in [0.3, 0.4) is 0 Å². The number of aryl methyl sites for hydroxylation is 2. The van der Waals surface area contributed by atoms with Crippen LogP contribution in [0.2, 0.25) is 0 Å². The number of anilines is 1. The van der Waals surface area contributed by atoms with Gasteiger partial charge in [0.1, 0.15) is 5.00 Å². The van der Waals surface area contributed by atoms with Crippen molar-refractivity contribution in [1.29, 1.82) is 0 Å². The van der Waals surface area contributed by atoms with Crippen molar-refractivity contribution in [3.8, 4) is 0 Å².